The van der Waals surface area contributed by atoms with Crippen LogP contribution in [0.4, 0.5) is 5.00 Å². The number of fused-ring (bicyclic) bond motifs is 1. The third-order valence-electron chi connectivity index (χ3n) is 4.02. The molecule has 26 heavy (non-hydrogen) atoms. The number of hydrazine groups is 1. The predicted octanol–water partition coefficient (Wildman–Crippen LogP) is 3.87. The van der Waals surface area contributed by atoms with E-state index in [0.29, 0.717) is 15.4 Å². The van der Waals surface area contributed by atoms with Crippen molar-refractivity contribution >= 4 is 61.3 Å². The van der Waals surface area contributed by atoms with Gasteiger partial charge in [-0.2, -0.15) is 0 Å². The minimum absolute atomic E-state index is 0.245. The van der Waals surface area contributed by atoms with Gasteiger partial charge >= 0.3 is 0 Å². The van der Waals surface area contributed by atoms with Crippen molar-refractivity contribution in [1.82, 2.24) is 10.9 Å². The number of thiophene rings is 2. The Balaban J connectivity index is 1.91. The van der Waals surface area contributed by atoms with Crippen LogP contribution in [0.1, 0.15) is 56.7 Å². The number of halogens is 1. The molecule has 0 spiro atoms. The highest BCUT2D eigenvalue weighted by Gasteiger charge is 2.26. The summed E-state index contributed by atoms with van der Waals surface area (Å²) in [7, 11) is 0. The fraction of sp³-hybridized carbons (Fsp3) is 0.353. The summed E-state index contributed by atoms with van der Waals surface area (Å²) in [5.74, 6) is -0.998. The number of carbonyl (C=O) groups is 3. The molecule has 2 heterocycles. The average Bonchev–Trinajstić information content (AvgIpc) is 3.09. The molecule has 0 saturated heterocycles. The number of aryl methyl sites for hydroxylation is 1. The third kappa shape index (κ3) is 4.33. The topological polar surface area (TPSA) is 87.3 Å². The van der Waals surface area contributed by atoms with Gasteiger partial charge in [0.25, 0.3) is 11.8 Å². The molecule has 1 aliphatic rings. The fourth-order valence-electron chi connectivity index (χ4n) is 2.88. The summed E-state index contributed by atoms with van der Waals surface area (Å²) in [6.45, 7) is 1.33. The number of anilines is 1. The van der Waals surface area contributed by atoms with E-state index in [9.17, 15) is 14.4 Å². The van der Waals surface area contributed by atoms with Crippen LogP contribution < -0.4 is 16.2 Å². The Hall–Kier alpha value is -1.71. The van der Waals surface area contributed by atoms with Gasteiger partial charge in [0.2, 0.25) is 5.91 Å². The van der Waals surface area contributed by atoms with Crippen molar-refractivity contribution < 1.29 is 14.4 Å². The highest BCUT2D eigenvalue weighted by atomic mass is 79.9. The zero-order valence-corrected chi connectivity index (χ0v) is 17.3. The number of nitrogens with one attached hydrogen (secondary N) is 3. The molecule has 0 unspecified atom stereocenters. The maximum Gasteiger partial charge on any atom is 0.272 e. The highest BCUT2D eigenvalue weighted by molar-refractivity contribution is 9.11. The van der Waals surface area contributed by atoms with Crippen LogP contribution in [0.25, 0.3) is 0 Å². The first-order chi connectivity index (χ1) is 12.5. The first-order valence-corrected chi connectivity index (χ1v) is 10.7. The molecule has 6 nitrogen and oxygen atoms in total. The van der Waals surface area contributed by atoms with Gasteiger partial charge < -0.3 is 5.32 Å². The van der Waals surface area contributed by atoms with E-state index in [4.69, 9.17) is 0 Å². The fourth-order valence-corrected chi connectivity index (χ4v) is 5.44. The van der Waals surface area contributed by atoms with E-state index < -0.39 is 5.91 Å². The van der Waals surface area contributed by atoms with Gasteiger partial charge in [0.1, 0.15) is 5.00 Å². The van der Waals surface area contributed by atoms with Gasteiger partial charge in [-0.05, 0) is 59.3 Å². The SMILES string of the molecule is CC(=O)NNC(=O)c1c(NC(=O)c2ccc(Br)s2)sc2c1CCCCC2. The molecule has 3 amide bonds. The zero-order valence-electron chi connectivity index (χ0n) is 14.1. The van der Waals surface area contributed by atoms with Gasteiger partial charge in [-0.25, -0.2) is 0 Å². The van der Waals surface area contributed by atoms with Crippen molar-refractivity contribution in [1.29, 1.82) is 0 Å². The Labute approximate surface area is 167 Å². The zero-order chi connectivity index (χ0) is 18.7. The second kappa shape index (κ2) is 8.32. The van der Waals surface area contributed by atoms with E-state index in [2.05, 4.69) is 32.1 Å². The van der Waals surface area contributed by atoms with E-state index >= 15 is 0 Å². The minimum atomic E-state index is -0.401. The summed E-state index contributed by atoms with van der Waals surface area (Å²) < 4.78 is 0.869. The Morgan fingerprint density at radius 1 is 1.00 bits per heavy atom. The van der Waals surface area contributed by atoms with Crippen LogP contribution in [0.2, 0.25) is 0 Å². The average molecular weight is 456 g/mol. The lowest BCUT2D eigenvalue weighted by Gasteiger charge is -2.09. The lowest BCUT2D eigenvalue weighted by Crippen LogP contribution is -2.40. The molecule has 9 heteroatoms. The van der Waals surface area contributed by atoms with E-state index in [1.54, 1.807) is 6.07 Å². The van der Waals surface area contributed by atoms with E-state index in [1.807, 2.05) is 6.07 Å². The predicted molar refractivity (Wildman–Crippen MR) is 107 cm³/mol. The molecular weight excluding hydrogens is 438 g/mol. The monoisotopic (exact) mass is 455 g/mol. The second-order valence-corrected chi connectivity index (χ2v) is 9.53. The lowest BCUT2D eigenvalue weighted by atomic mass is 10.1. The molecule has 138 valence electrons. The van der Waals surface area contributed by atoms with E-state index in [-0.39, 0.29) is 11.8 Å². The summed E-state index contributed by atoms with van der Waals surface area (Å²) >= 11 is 6.14. The van der Waals surface area contributed by atoms with Crippen LogP contribution in [0.3, 0.4) is 0 Å². The number of hydrogen-bond donors (Lipinski definition) is 3. The van der Waals surface area contributed by atoms with Gasteiger partial charge in [-0.15, -0.1) is 22.7 Å². The maximum absolute atomic E-state index is 12.7. The van der Waals surface area contributed by atoms with Crippen LogP contribution >= 0.6 is 38.6 Å². The second-order valence-electron chi connectivity index (χ2n) is 5.96. The largest absolute Gasteiger partial charge is 0.312 e. The van der Waals surface area contributed by atoms with Gasteiger partial charge in [0.05, 0.1) is 14.2 Å². The molecule has 2 aromatic rings. The Kier molecular flexibility index (Phi) is 6.10. The maximum atomic E-state index is 12.7. The smallest absolute Gasteiger partial charge is 0.272 e. The molecule has 0 atom stereocenters. The number of amides is 3. The highest BCUT2D eigenvalue weighted by Crippen LogP contribution is 2.38. The van der Waals surface area contributed by atoms with Crippen molar-refractivity contribution in [3.63, 3.8) is 0 Å². The summed E-state index contributed by atoms with van der Waals surface area (Å²) in [4.78, 5) is 38.0. The first kappa shape index (κ1) is 19.1. The Morgan fingerprint density at radius 2 is 1.77 bits per heavy atom. The van der Waals surface area contributed by atoms with Crippen LogP contribution in [0.5, 0.6) is 0 Å². The molecular formula is C17H18BrN3O3S2. The normalized spacial score (nSPS) is 13.5. The molecule has 0 saturated carbocycles. The summed E-state index contributed by atoms with van der Waals surface area (Å²) in [6, 6.07) is 3.55. The van der Waals surface area contributed by atoms with Gasteiger partial charge in [-0.3, -0.25) is 25.2 Å². The standard InChI is InChI=1S/C17H18BrN3O3S2/c1-9(22)20-21-16(24)14-10-5-3-2-4-6-11(10)26-17(14)19-15(23)12-7-8-13(18)25-12/h7-8H,2-6H2,1H3,(H,19,23)(H,20,22)(H,21,24). The van der Waals surface area contributed by atoms with Gasteiger partial charge in [0, 0.05) is 11.8 Å². The molecule has 0 fully saturated rings. The summed E-state index contributed by atoms with van der Waals surface area (Å²) in [5.41, 5.74) is 6.19. The minimum Gasteiger partial charge on any atom is -0.312 e. The van der Waals surface area contributed by atoms with E-state index in [0.717, 1.165) is 46.3 Å². The van der Waals surface area contributed by atoms with Crippen LogP contribution in [0.15, 0.2) is 15.9 Å². The quantitative estimate of drug-likeness (QED) is 0.484. The molecule has 2 aromatic heterocycles. The van der Waals surface area contributed by atoms with Crippen molar-refractivity contribution in [3.05, 3.63) is 36.8 Å². The molecule has 0 aliphatic heterocycles. The van der Waals surface area contributed by atoms with Crippen molar-refractivity contribution in [2.45, 2.75) is 39.0 Å². The molecule has 0 bridgehead atoms. The Bertz CT molecular complexity index is 860. The molecule has 3 N–H and O–H groups in total. The number of carbonyl (C=O) groups excluding carboxylic acids is 3. The number of rotatable bonds is 3. The van der Waals surface area contributed by atoms with Crippen molar-refractivity contribution in [3.8, 4) is 0 Å². The molecule has 0 radical (unpaired) electrons. The lowest BCUT2D eigenvalue weighted by molar-refractivity contribution is -0.119. The Morgan fingerprint density at radius 3 is 2.46 bits per heavy atom. The third-order valence-corrected chi connectivity index (χ3v) is 6.85. The van der Waals surface area contributed by atoms with Crippen molar-refractivity contribution in [2.24, 2.45) is 0 Å². The molecule has 1 aliphatic carbocycles. The van der Waals surface area contributed by atoms with Crippen LogP contribution in [0, 0.1) is 0 Å². The molecule has 0 aromatic carbocycles. The summed E-state index contributed by atoms with van der Waals surface area (Å²) in [5, 5.41) is 3.42. The van der Waals surface area contributed by atoms with Crippen LogP contribution in [-0.2, 0) is 17.6 Å². The van der Waals surface area contributed by atoms with Gasteiger partial charge in [0.15, 0.2) is 0 Å². The van der Waals surface area contributed by atoms with Gasteiger partial charge in [-0.1, -0.05) is 6.42 Å². The van der Waals surface area contributed by atoms with Crippen LogP contribution in [-0.4, -0.2) is 17.7 Å². The first-order valence-electron chi connectivity index (χ1n) is 8.24. The van der Waals surface area contributed by atoms with E-state index in [1.165, 1.54) is 29.6 Å². The summed E-state index contributed by atoms with van der Waals surface area (Å²) in [6.07, 6.45) is 4.91. The molecule has 3 rings (SSSR count). The number of hydrogen-bond acceptors (Lipinski definition) is 5. The van der Waals surface area contributed by atoms with Crippen molar-refractivity contribution in [2.75, 3.05) is 5.32 Å².